The maximum Gasteiger partial charge on any atom is 0.269 e. The zero-order chi connectivity index (χ0) is 18.1. The van der Waals surface area contributed by atoms with E-state index in [0.717, 1.165) is 12.8 Å². The number of benzene rings is 2. The number of hydrazine groups is 1. The van der Waals surface area contributed by atoms with Crippen LogP contribution in [0.3, 0.4) is 0 Å². The fourth-order valence-corrected chi connectivity index (χ4v) is 2.07. The van der Waals surface area contributed by atoms with Crippen LogP contribution in [0, 0.1) is 5.82 Å². The molecule has 0 spiro atoms. The largest absolute Gasteiger partial charge is 0.494 e. The number of unbranched alkanes of at least 4 members (excludes halogenated alkanes) is 1. The van der Waals surface area contributed by atoms with Crippen molar-refractivity contribution in [2.24, 2.45) is 0 Å². The van der Waals surface area contributed by atoms with Crippen molar-refractivity contribution in [3.8, 4) is 5.75 Å². The van der Waals surface area contributed by atoms with E-state index in [-0.39, 0.29) is 18.1 Å². The molecule has 6 heteroatoms. The molecule has 0 aliphatic rings. The Morgan fingerprint density at radius 1 is 1.00 bits per heavy atom. The minimum absolute atomic E-state index is 0.0464. The van der Waals surface area contributed by atoms with Gasteiger partial charge in [0.1, 0.15) is 11.6 Å². The van der Waals surface area contributed by atoms with Gasteiger partial charge in [0.15, 0.2) is 0 Å². The Kier molecular flexibility index (Phi) is 6.95. The molecule has 25 heavy (non-hydrogen) atoms. The molecule has 0 unspecified atom stereocenters. The van der Waals surface area contributed by atoms with Crippen molar-refractivity contribution >= 4 is 11.8 Å². The quantitative estimate of drug-likeness (QED) is 0.599. The second kappa shape index (κ2) is 9.42. The van der Waals surface area contributed by atoms with E-state index >= 15 is 0 Å². The second-order valence-electron chi connectivity index (χ2n) is 5.53. The standard InChI is InChI=1S/C19H21FN2O3/c1-2-3-12-25-17-10-6-15(7-11-17)19(24)22-21-18(23)13-14-4-8-16(20)9-5-14/h4-11H,2-3,12-13H2,1H3,(H,21,23)(H,22,24). The summed E-state index contributed by atoms with van der Waals surface area (Å²) in [4.78, 5) is 23.8. The van der Waals surface area contributed by atoms with Crippen LogP contribution in [0.1, 0.15) is 35.7 Å². The summed E-state index contributed by atoms with van der Waals surface area (Å²) < 4.78 is 18.3. The Morgan fingerprint density at radius 3 is 2.32 bits per heavy atom. The van der Waals surface area contributed by atoms with Crippen molar-refractivity contribution in [3.63, 3.8) is 0 Å². The molecule has 0 aromatic heterocycles. The first-order valence-electron chi connectivity index (χ1n) is 8.15. The molecule has 2 aromatic rings. The number of rotatable bonds is 7. The topological polar surface area (TPSA) is 67.4 Å². The van der Waals surface area contributed by atoms with Gasteiger partial charge in [0, 0.05) is 5.56 Å². The molecule has 0 saturated heterocycles. The number of halogens is 1. The Morgan fingerprint density at radius 2 is 1.68 bits per heavy atom. The van der Waals surface area contributed by atoms with Gasteiger partial charge >= 0.3 is 0 Å². The third-order valence-electron chi connectivity index (χ3n) is 3.48. The summed E-state index contributed by atoms with van der Waals surface area (Å²) in [6.07, 6.45) is 2.07. The Labute approximate surface area is 146 Å². The normalized spacial score (nSPS) is 10.2. The van der Waals surface area contributed by atoms with E-state index in [1.54, 1.807) is 24.3 Å². The van der Waals surface area contributed by atoms with Crippen LogP contribution >= 0.6 is 0 Å². The Bertz CT molecular complexity index is 700. The van der Waals surface area contributed by atoms with Crippen molar-refractivity contribution < 1.29 is 18.7 Å². The first-order valence-corrected chi connectivity index (χ1v) is 8.15. The number of carbonyl (C=O) groups is 2. The molecular formula is C19H21FN2O3. The lowest BCUT2D eigenvalue weighted by atomic mass is 10.1. The van der Waals surface area contributed by atoms with Gasteiger partial charge in [-0.3, -0.25) is 20.4 Å². The van der Waals surface area contributed by atoms with Crippen LogP contribution in [-0.4, -0.2) is 18.4 Å². The van der Waals surface area contributed by atoms with Gasteiger partial charge in [0.25, 0.3) is 5.91 Å². The first kappa shape index (κ1) is 18.4. The lowest BCUT2D eigenvalue weighted by Gasteiger charge is -2.09. The van der Waals surface area contributed by atoms with Crippen LogP contribution in [0.15, 0.2) is 48.5 Å². The zero-order valence-corrected chi connectivity index (χ0v) is 14.0. The van der Waals surface area contributed by atoms with Crippen LogP contribution in [0.5, 0.6) is 5.75 Å². The molecule has 0 aliphatic carbocycles. The van der Waals surface area contributed by atoms with E-state index in [1.165, 1.54) is 24.3 Å². The van der Waals surface area contributed by atoms with Crippen LogP contribution < -0.4 is 15.6 Å². The molecule has 0 bridgehead atoms. The summed E-state index contributed by atoms with van der Waals surface area (Å²) in [6.45, 7) is 2.72. The van der Waals surface area contributed by atoms with Gasteiger partial charge in [-0.15, -0.1) is 0 Å². The van der Waals surface area contributed by atoms with E-state index < -0.39 is 5.91 Å². The number of ether oxygens (including phenoxy) is 1. The monoisotopic (exact) mass is 344 g/mol. The minimum Gasteiger partial charge on any atom is -0.494 e. The van der Waals surface area contributed by atoms with Gasteiger partial charge < -0.3 is 4.74 Å². The molecule has 0 radical (unpaired) electrons. The fraction of sp³-hybridized carbons (Fsp3) is 0.263. The molecule has 0 fully saturated rings. The summed E-state index contributed by atoms with van der Waals surface area (Å²) in [6, 6.07) is 12.3. The predicted octanol–water partition coefficient (Wildman–Crippen LogP) is 3.01. The van der Waals surface area contributed by atoms with Crippen molar-refractivity contribution in [2.75, 3.05) is 6.61 Å². The molecule has 0 heterocycles. The number of hydrogen-bond donors (Lipinski definition) is 2. The molecular weight excluding hydrogens is 323 g/mol. The molecule has 0 atom stereocenters. The summed E-state index contributed by atoms with van der Waals surface area (Å²) in [7, 11) is 0. The number of carbonyl (C=O) groups excluding carboxylic acids is 2. The molecule has 2 amide bonds. The molecule has 132 valence electrons. The van der Waals surface area contributed by atoms with Crippen LogP contribution in [0.4, 0.5) is 4.39 Å². The van der Waals surface area contributed by atoms with Gasteiger partial charge in [-0.2, -0.15) is 0 Å². The average molecular weight is 344 g/mol. The fourth-order valence-electron chi connectivity index (χ4n) is 2.07. The van der Waals surface area contributed by atoms with Crippen LogP contribution in [0.25, 0.3) is 0 Å². The third-order valence-corrected chi connectivity index (χ3v) is 3.48. The number of amides is 2. The summed E-state index contributed by atoms with van der Waals surface area (Å²) in [5.74, 6) is -0.475. The van der Waals surface area contributed by atoms with Crippen molar-refractivity contribution in [3.05, 3.63) is 65.5 Å². The minimum atomic E-state index is -0.424. The summed E-state index contributed by atoms with van der Waals surface area (Å²) in [5.41, 5.74) is 5.75. The smallest absolute Gasteiger partial charge is 0.269 e. The van der Waals surface area contributed by atoms with E-state index in [2.05, 4.69) is 17.8 Å². The lowest BCUT2D eigenvalue weighted by Crippen LogP contribution is -2.42. The van der Waals surface area contributed by atoms with Crippen molar-refractivity contribution in [1.82, 2.24) is 10.9 Å². The van der Waals surface area contributed by atoms with E-state index in [4.69, 9.17) is 4.74 Å². The molecule has 0 aliphatic heterocycles. The highest BCUT2D eigenvalue weighted by atomic mass is 19.1. The predicted molar refractivity (Wildman–Crippen MR) is 92.6 cm³/mol. The number of hydrogen-bond acceptors (Lipinski definition) is 3. The van der Waals surface area contributed by atoms with Gasteiger partial charge in [0.05, 0.1) is 13.0 Å². The third kappa shape index (κ3) is 6.25. The maximum absolute atomic E-state index is 12.8. The Balaban J connectivity index is 1.79. The van der Waals surface area contributed by atoms with Crippen molar-refractivity contribution in [2.45, 2.75) is 26.2 Å². The van der Waals surface area contributed by atoms with E-state index in [0.29, 0.717) is 23.5 Å². The van der Waals surface area contributed by atoms with Gasteiger partial charge in [-0.1, -0.05) is 25.5 Å². The lowest BCUT2D eigenvalue weighted by molar-refractivity contribution is -0.121. The summed E-state index contributed by atoms with van der Waals surface area (Å²) in [5, 5.41) is 0. The van der Waals surface area contributed by atoms with Gasteiger partial charge in [0.2, 0.25) is 5.91 Å². The zero-order valence-electron chi connectivity index (χ0n) is 14.0. The Hall–Kier alpha value is -2.89. The SMILES string of the molecule is CCCCOc1ccc(C(=O)NNC(=O)Cc2ccc(F)cc2)cc1. The van der Waals surface area contributed by atoms with E-state index in [9.17, 15) is 14.0 Å². The van der Waals surface area contributed by atoms with E-state index in [1.807, 2.05) is 0 Å². The highest BCUT2D eigenvalue weighted by Gasteiger charge is 2.08. The van der Waals surface area contributed by atoms with Gasteiger partial charge in [-0.25, -0.2) is 4.39 Å². The highest BCUT2D eigenvalue weighted by molar-refractivity contribution is 5.95. The molecule has 2 aromatic carbocycles. The number of nitrogens with one attached hydrogen (secondary N) is 2. The molecule has 2 rings (SSSR count). The van der Waals surface area contributed by atoms with Crippen LogP contribution in [0.2, 0.25) is 0 Å². The van der Waals surface area contributed by atoms with Gasteiger partial charge in [-0.05, 0) is 48.4 Å². The van der Waals surface area contributed by atoms with Crippen LogP contribution in [-0.2, 0) is 11.2 Å². The molecule has 2 N–H and O–H groups in total. The molecule has 0 saturated carbocycles. The highest BCUT2D eigenvalue weighted by Crippen LogP contribution is 2.12. The summed E-state index contributed by atoms with van der Waals surface area (Å²) >= 11 is 0. The first-order chi connectivity index (χ1) is 12.1. The van der Waals surface area contributed by atoms with Crippen molar-refractivity contribution in [1.29, 1.82) is 0 Å². The maximum atomic E-state index is 12.8. The molecule has 5 nitrogen and oxygen atoms in total. The average Bonchev–Trinajstić information content (AvgIpc) is 2.62. The second-order valence-corrected chi connectivity index (χ2v) is 5.53.